The molecule has 0 saturated carbocycles. The molecule has 2 aromatic rings. The van der Waals surface area contributed by atoms with Gasteiger partial charge in [0.2, 0.25) is 0 Å². The van der Waals surface area contributed by atoms with E-state index in [1.54, 1.807) is 20.3 Å². The van der Waals surface area contributed by atoms with Crippen molar-refractivity contribution in [1.29, 1.82) is 0 Å². The van der Waals surface area contributed by atoms with Crippen LogP contribution in [-0.2, 0) is 17.8 Å². The molecule has 0 saturated heterocycles. The molecule has 0 spiro atoms. The van der Waals surface area contributed by atoms with Crippen molar-refractivity contribution in [2.45, 2.75) is 19.0 Å². The van der Waals surface area contributed by atoms with Crippen LogP contribution in [0.5, 0.6) is 11.5 Å². The molecule has 0 aromatic heterocycles. The van der Waals surface area contributed by atoms with Crippen LogP contribution >= 0.6 is 0 Å². The van der Waals surface area contributed by atoms with E-state index < -0.39 is 12.0 Å². The molecule has 0 aliphatic carbocycles. The maximum atomic E-state index is 11.9. The summed E-state index contributed by atoms with van der Waals surface area (Å²) in [7, 11) is 3.24. The molecule has 0 fully saturated rings. The molecular weight excluding hydrogens is 306 g/mol. The normalized spacial score (nSPS) is 15.4. The molecule has 5 heteroatoms. The van der Waals surface area contributed by atoms with Gasteiger partial charge in [0.1, 0.15) is 17.5 Å². The third-order valence-electron chi connectivity index (χ3n) is 4.46. The summed E-state index contributed by atoms with van der Waals surface area (Å²) in [4.78, 5) is 13.9. The number of aliphatic carboxylic acids is 1. The molecular formula is C19H21NO4. The number of carboxylic acids is 1. The molecule has 3 rings (SSSR count). The fraction of sp³-hybridized carbons (Fsp3) is 0.316. The van der Waals surface area contributed by atoms with E-state index in [-0.39, 0.29) is 0 Å². The standard InChI is InChI=1S/C19H21NO4/c1-23-16-5-3-4-14(11-16)18(19(21)22)20-9-8-13-10-17(24-2)7-6-15(13)12-20/h3-7,10-11,18H,8-9,12H2,1-2H3,(H,21,22). The van der Waals surface area contributed by atoms with Crippen LogP contribution in [0, 0.1) is 0 Å². The fourth-order valence-corrected chi connectivity index (χ4v) is 3.22. The molecule has 0 bridgehead atoms. The molecule has 1 heterocycles. The highest BCUT2D eigenvalue weighted by molar-refractivity contribution is 5.75. The Labute approximate surface area is 141 Å². The summed E-state index contributed by atoms with van der Waals surface area (Å²) < 4.78 is 10.5. The predicted octanol–water partition coefficient (Wildman–Crippen LogP) is 2.89. The smallest absolute Gasteiger partial charge is 0.325 e. The third-order valence-corrected chi connectivity index (χ3v) is 4.46. The van der Waals surface area contributed by atoms with Crippen LogP contribution in [0.3, 0.4) is 0 Å². The van der Waals surface area contributed by atoms with E-state index >= 15 is 0 Å². The topological polar surface area (TPSA) is 59.0 Å². The van der Waals surface area contributed by atoms with Crippen molar-refractivity contribution in [3.63, 3.8) is 0 Å². The highest BCUT2D eigenvalue weighted by Gasteiger charge is 2.30. The molecule has 1 unspecified atom stereocenters. The number of nitrogens with zero attached hydrogens (tertiary/aromatic N) is 1. The van der Waals surface area contributed by atoms with Crippen LogP contribution < -0.4 is 9.47 Å². The van der Waals surface area contributed by atoms with E-state index in [0.717, 1.165) is 23.3 Å². The van der Waals surface area contributed by atoms with E-state index in [9.17, 15) is 9.90 Å². The Kier molecular flexibility index (Phi) is 4.71. The van der Waals surface area contributed by atoms with Crippen LogP contribution in [0.2, 0.25) is 0 Å². The van der Waals surface area contributed by atoms with Gasteiger partial charge in [0.15, 0.2) is 0 Å². The SMILES string of the molecule is COc1cccc(C(C(=O)O)N2CCc3cc(OC)ccc3C2)c1. The Morgan fingerprint density at radius 1 is 1.08 bits per heavy atom. The summed E-state index contributed by atoms with van der Waals surface area (Å²) in [6, 6.07) is 12.6. The van der Waals surface area contributed by atoms with Gasteiger partial charge in [0.25, 0.3) is 0 Å². The van der Waals surface area contributed by atoms with Crippen molar-refractivity contribution >= 4 is 5.97 Å². The van der Waals surface area contributed by atoms with Crippen LogP contribution in [0.4, 0.5) is 0 Å². The zero-order valence-electron chi connectivity index (χ0n) is 13.9. The van der Waals surface area contributed by atoms with Crippen molar-refractivity contribution in [2.75, 3.05) is 20.8 Å². The minimum Gasteiger partial charge on any atom is -0.497 e. The number of ether oxygens (including phenoxy) is 2. The maximum absolute atomic E-state index is 11.9. The van der Waals surface area contributed by atoms with Gasteiger partial charge < -0.3 is 14.6 Å². The van der Waals surface area contributed by atoms with E-state index in [1.165, 1.54) is 5.56 Å². The van der Waals surface area contributed by atoms with E-state index in [0.29, 0.717) is 18.8 Å². The first-order valence-electron chi connectivity index (χ1n) is 7.89. The van der Waals surface area contributed by atoms with Gasteiger partial charge >= 0.3 is 5.97 Å². The average molecular weight is 327 g/mol. The molecule has 0 amide bonds. The molecule has 126 valence electrons. The monoisotopic (exact) mass is 327 g/mol. The zero-order valence-corrected chi connectivity index (χ0v) is 13.9. The minimum atomic E-state index is -0.847. The van der Waals surface area contributed by atoms with Crippen LogP contribution in [-0.4, -0.2) is 36.7 Å². The second-order valence-corrected chi connectivity index (χ2v) is 5.87. The molecule has 24 heavy (non-hydrogen) atoms. The van der Waals surface area contributed by atoms with Crippen molar-refractivity contribution in [3.8, 4) is 11.5 Å². The lowest BCUT2D eigenvalue weighted by Gasteiger charge is -2.33. The Morgan fingerprint density at radius 3 is 2.54 bits per heavy atom. The van der Waals surface area contributed by atoms with Gasteiger partial charge in [-0.3, -0.25) is 9.69 Å². The molecule has 1 aliphatic heterocycles. The van der Waals surface area contributed by atoms with Gasteiger partial charge in [-0.25, -0.2) is 0 Å². The molecule has 2 aromatic carbocycles. The number of fused-ring (bicyclic) bond motifs is 1. The van der Waals surface area contributed by atoms with E-state index in [1.807, 2.05) is 41.3 Å². The van der Waals surface area contributed by atoms with Gasteiger partial charge in [0.05, 0.1) is 14.2 Å². The Hall–Kier alpha value is -2.53. The second-order valence-electron chi connectivity index (χ2n) is 5.87. The van der Waals surface area contributed by atoms with Crippen LogP contribution in [0.1, 0.15) is 22.7 Å². The quantitative estimate of drug-likeness (QED) is 0.915. The van der Waals surface area contributed by atoms with E-state index in [2.05, 4.69) is 0 Å². The van der Waals surface area contributed by atoms with Gasteiger partial charge in [-0.15, -0.1) is 0 Å². The number of hydrogen-bond acceptors (Lipinski definition) is 4. The molecule has 0 radical (unpaired) electrons. The average Bonchev–Trinajstić information content (AvgIpc) is 2.61. The lowest BCUT2D eigenvalue weighted by molar-refractivity contribution is -0.144. The number of methoxy groups -OCH3 is 2. The summed E-state index contributed by atoms with van der Waals surface area (Å²) in [5, 5.41) is 9.77. The number of rotatable bonds is 5. The maximum Gasteiger partial charge on any atom is 0.325 e. The lowest BCUT2D eigenvalue weighted by atomic mass is 9.96. The lowest BCUT2D eigenvalue weighted by Crippen LogP contribution is -2.38. The minimum absolute atomic E-state index is 0.605. The van der Waals surface area contributed by atoms with E-state index in [4.69, 9.17) is 9.47 Å². The van der Waals surface area contributed by atoms with Gasteiger partial charge in [-0.05, 0) is 47.4 Å². The van der Waals surface area contributed by atoms with Crippen molar-refractivity contribution in [2.24, 2.45) is 0 Å². The molecule has 1 aliphatic rings. The number of benzene rings is 2. The summed E-state index contributed by atoms with van der Waals surface area (Å²) in [5.74, 6) is 0.658. The number of carboxylic acid groups (broad SMARTS) is 1. The second kappa shape index (κ2) is 6.93. The van der Waals surface area contributed by atoms with Crippen LogP contribution in [0.25, 0.3) is 0 Å². The molecule has 1 atom stereocenters. The van der Waals surface area contributed by atoms with Crippen molar-refractivity contribution < 1.29 is 19.4 Å². The summed E-state index contributed by atoms with van der Waals surface area (Å²) in [5.41, 5.74) is 3.11. The van der Waals surface area contributed by atoms with Crippen molar-refractivity contribution in [1.82, 2.24) is 4.90 Å². The van der Waals surface area contributed by atoms with Gasteiger partial charge in [0, 0.05) is 13.1 Å². The third kappa shape index (κ3) is 3.21. The van der Waals surface area contributed by atoms with Crippen LogP contribution in [0.15, 0.2) is 42.5 Å². The number of carbonyl (C=O) groups is 1. The first-order valence-corrected chi connectivity index (χ1v) is 7.89. The van der Waals surface area contributed by atoms with Gasteiger partial charge in [-0.1, -0.05) is 18.2 Å². The Morgan fingerprint density at radius 2 is 1.83 bits per heavy atom. The molecule has 5 nitrogen and oxygen atoms in total. The Bertz CT molecular complexity index is 744. The first-order chi connectivity index (χ1) is 11.6. The first kappa shape index (κ1) is 16.3. The predicted molar refractivity (Wildman–Crippen MR) is 90.5 cm³/mol. The largest absolute Gasteiger partial charge is 0.497 e. The fourth-order valence-electron chi connectivity index (χ4n) is 3.22. The highest BCUT2D eigenvalue weighted by atomic mass is 16.5. The Balaban J connectivity index is 1.88. The summed E-state index contributed by atoms with van der Waals surface area (Å²) in [6.07, 6.45) is 0.806. The summed E-state index contributed by atoms with van der Waals surface area (Å²) in [6.45, 7) is 1.29. The van der Waals surface area contributed by atoms with Gasteiger partial charge in [-0.2, -0.15) is 0 Å². The molecule has 1 N–H and O–H groups in total. The van der Waals surface area contributed by atoms with Crippen molar-refractivity contribution in [3.05, 3.63) is 59.2 Å². The number of hydrogen-bond donors (Lipinski definition) is 1. The highest BCUT2D eigenvalue weighted by Crippen LogP contribution is 2.31. The summed E-state index contributed by atoms with van der Waals surface area (Å²) >= 11 is 0. The zero-order chi connectivity index (χ0) is 17.1.